The van der Waals surface area contributed by atoms with Gasteiger partial charge >= 0.3 is 5.97 Å². The van der Waals surface area contributed by atoms with Gasteiger partial charge in [-0.3, -0.25) is 0 Å². The maximum atomic E-state index is 14.4. The first-order chi connectivity index (χ1) is 15.0. The zero-order valence-corrected chi connectivity index (χ0v) is 18.3. The zero-order chi connectivity index (χ0) is 22.4. The van der Waals surface area contributed by atoms with Crippen LogP contribution in [0, 0.1) is 5.82 Å². The third kappa shape index (κ3) is 4.76. The fourth-order valence-corrected chi connectivity index (χ4v) is 3.49. The lowest BCUT2D eigenvalue weighted by atomic mass is 10.0. The van der Waals surface area contributed by atoms with Crippen LogP contribution in [-0.2, 0) is 4.74 Å². The summed E-state index contributed by atoms with van der Waals surface area (Å²) >= 11 is 0. The Kier molecular flexibility index (Phi) is 7.39. The molecule has 0 aliphatic heterocycles. The molecule has 0 spiro atoms. The quantitative estimate of drug-likeness (QED) is 0.329. The molecule has 1 aromatic heterocycles. The van der Waals surface area contributed by atoms with Crippen LogP contribution in [0.5, 0.6) is 17.2 Å². The van der Waals surface area contributed by atoms with Crippen LogP contribution in [0.15, 0.2) is 30.3 Å². The van der Waals surface area contributed by atoms with Crippen LogP contribution in [0.2, 0.25) is 0 Å². The van der Waals surface area contributed by atoms with Crippen LogP contribution in [0.4, 0.5) is 4.39 Å². The molecule has 31 heavy (non-hydrogen) atoms. The Labute approximate surface area is 181 Å². The standard InChI is InChI=1S/C24H28FNO5/c1-5-7-8-11-31-21-14-18-16(13-20(21)29-4)22(23(26-18)24(27)30-6-2)15-9-10-19(28-3)17(25)12-15/h9-10,12-14,26H,5-8,11H2,1-4H3. The Morgan fingerprint density at radius 3 is 2.42 bits per heavy atom. The number of hydrogen-bond donors (Lipinski definition) is 1. The monoisotopic (exact) mass is 429 g/mol. The number of carbonyl (C=O) groups is 1. The first-order valence-electron chi connectivity index (χ1n) is 10.4. The minimum absolute atomic E-state index is 0.127. The van der Waals surface area contributed by atoms with Crippen LogP contribution in [0.1, 0.15) is 43.6 Å². The molecule has 0 aliphatic rings. The molecule has 3 rings (SSSR count). The molecule has 0 saturated heterocycles. The minimum Gasteiger partial charge on any atom is -0.494 e. The van der Waals surface area contributed by atoms with Gasteiger partial charge in [0, 0.05) is 17.0 Å². The molecule has 0 amide bonds. The lowest BCUT2D eigenvalue weighted by molar-refractivity contribution is 0.0521. The fraction of sp³-hybridized carbons (Fsp3) is 0.375. The molecule has 0 fully saturated rings. The van der Waals surface area contributed by atoms with E-state index < -0.39 is 11.8 Å². The third-order valence-electron chi connectivity index (χ3n) is 5.01. The average molecular weight is 429 g/mol. The second kappa shape index (κ2) is 10.2. The largest absolute Gasteiger partial charge is 0.494 e. The first-order valence-corrected chi connectivity index (χ1v) is 10.4. The molecule has 1 N–H and O–H groups in total. The van der Waals surface area contributed by atoms with Crippen molar-refractivity contribution in [3.8, 4) is 28.4 Å². The van der Waals surface area contributed by atoms with Gasteiger partial charge < -0.3 is 23.9 Å². The Hall–Kier alpha value is -3.22. The Bertz CT molecular complexity index is 1060. The summed E-state index contributed by atoms with van der Waals surface area (Å²) < 4.78 is 36.1. The average Bonchev–Trinajstić information content (AvgIpc) is 3.14. The van der Waals surface area contributed by atoms with Gasteiger partial charge in [0.1, 0.15) is 5.69 Å². The van der Waals surface area contributed by atoms with Gasteiger partial charge in [0.25, 0.3) is 0 Å². The molecule has 3 aromatic rings. The van der Waals surface area contributed by atoms with Gasteiger partial charge in [-0.25, -0.2) is 9.18 Å². The molecule has 166 valence electrons. The van der Waals surface area contributed by atoms with Gasteiger partial charge in [-0.1, -0.05) is 25.8 Å². The summed E-state index contributed by atoms with van der Waals surface area (Å²) in [7, 11) is 2.96. The summed E-state index contributed by atoms with van der Waals surface area (Å²) in [6.45, 7) is 4.65. The Morgan fingerprint density at radius 2 is 1.77 bits per heavy atom. The van der Waals surface area contributed by atoms with E-state index in [-0.39, 0.29) is 18.1 Å². The summed E-state index contributed by atoms with van der Waals surface area (Å²) in [5.41, 5.74) is 1.96. The number of H-pyrrole nitrogens is 1. The topological polar surface area (TPSA) is 69.8 Å². The van der Waals surface area contributed by atoms with Gasteiger partial charge in [0.15, 0.2) is 23.1 Å². The number of methoxy groups -OCH3 is 2. The van der Waals surface area contributed by atoms with Crippen LogP contribution in [0.3, 0.4) is 0 Å². The van der Waals surface area contributed by atoms with E-state index in [0.717, 1.165) is 19.3 Å². The summed E-state index contributed by atoms with van der Waals surface area (Å²) in [5.74, 6) is 0.201. The smallest absolute Gasteiger partial charge is 0.355 e. The van der Waals surface area contributed by atoms with Crippen LogP contribution < -0.4 is 14.2 Å². The van der Waals surface area contributed by atoms with Crippen molar-refractivity contribution in [3.05, 3.63) is 41.8 Å². The number of aromatic amines is 1. The number of halogens is 1. The predicted molar refractivity (Wildman–Crippen MR) is 118 cm³/mol. The lowest BCUT2D eigenvalue weighted by Gasteiger charge is -2.12. The highest BCUT2D eigenvalue weighted by atomic mass is 19.1. The third-order valence-corrected chi connectivity index (χ3v) is 5.01. The molecule has 0 bridgehead atoms. The number of nitrogens with one attached hydrogen (secondary N) is 1. The van der Waals surface area contributed by atoms with E-state index >= 15 is 0 Å². The molecular formula is C24H28FNO5. The summed E-state index contributed by atoms with van der Waals surface area (Å²) in [4.78, 5) is 15.8. The van der Waals surface area contributed by atoms with Crippen molar-refractivity contribution in [1.29, 1.82) is 0 Å². The molecule has 0 aliphatic carbocycles. The number of unbranched alkanes of at least 4 members (excludes halogenated alkanes) is 2. The number of fused-ring (bicyclic) bond motifs is 1. The zero-order valence-electron chi connectivity index (χ0n) is 18.3. The molecule has 1 heterocycles. The van der Waals surface area contributed by atoms with Gasteiger partial charge in [-0.05, 0) is 37.1 Å². The van der Waals surface area contributed by atoms with Gasteiger partial charge in [0.05, 0.1) is 33.0 Å². The van der Waals surface area contributed by atoms with E-state index in [1.807, 2.05) is 0 Å². The summed E-state index contributed by atoms with van der Waals surface area (Å²) in [6.07, 6.45) is 3.11. The van der Waals surface area contributed by atoms with Crippen molar-refractivity contribution in [2.24, 2.45) is 0 Å². The number of esters is 1. The SMILES string of the molecule is CCCCCOc1cc2[nH]c(C(=O)OCC)c(-c3ccc(OC)c(F)c3)c2cc1OC. The van der Waals surface area contributed by atoms with Crippen LogP contribution in [-0.4, -0.2) is 38.4 Å². The molecule has 2 aromatic carbocycles. The van der Waals surface area contributed by atoms with Crippen molar-refractivity contribution in [2.45, 2.75) is 33.1 Å². The molecule has 0 unspecified atom stereocenters. The number of carbonyl (C=O) groups excluding carboxylic acids is 1. The summed E-state index contributed by atoms with van der Waals surface area (Å²) in [6, 6.07) is 8.16. The Balaban J connectivity index is 2.15. The highest BCUT2D eigenvalue weighted by Gasteiger charge is 2.23. The maximum absolute atomic E-state index is 14.4. The van der Waals surface area contributed by atoms with E-state index in [1.165, 1.54) is 19.2 Å². The van der Waals surface area contributed by atoms with E-state index in [2.05, 4.69) is 11.9 Å². The summed E-state index contributed by atoms with van der Waals surface area (Å²) in [5, 5.41) is 0.699. The molecule has 0 atom stereocenters. The second-order valence-electron chi connectivity index (χ2n) is 7.05. The number of aromatic nitrogens is 1. The molecule has 7 heteroatoms. The van der Waals surface area contributed by atoms with E-state index in [0.29, 0.717) is 40.1 Å². The van der Waals surface area contributed by atoms with E-state index in [9.17, 15) is 9.18 Å². The van der Waals surface area contributed by atoms with Crippen molar-refractivity contribution >= 4 is 16.9 Å². The number of ether oxygens (including phenoxy) is 4. The highest BCUT2D eigenvalue weighted by Crippen LogP contribution is 2.40. The minimum atomic E-state index is -0.521. The van der Waals surface area contributed by atoms with Crippen molar-refractivity contribution < 1.29 is 28.1 Å². The Morgan fingerprint density at radius 1 is 1.00 bits per heavy atom. The lowest BCUT2D eigenvalue weighted by Crippen LogP contribution is -2.06. The molecule has 0 saturated carbocycles. The van der Waals surface area contributed by atoms with Crippen molar-refractivity contribution in [3.63, 3.8) is 0 Å². The highest BCUT2D eigenvalue weighted by molar-refractivity contribution is 6.08. The van der Waals surface area contributed by atoms with E-state index in [1.54, 1.807) is 32.2 Å². The maximum Gasteiger partial charge on any atom is 0.355 e. The molecule has 6 nitrogen and oxygen atoms in total. The normalized spacial score (nSPS) is 10.9. The van der Waals surface area contributed by atoms with Crippen molar-refractivity contribution in [1.82, 2.24) is 4.98 Å². The number of benzene rings is 2. The predicted octanol–water partition coefficient (Wildman–Crippen LogP) is 5.74. The number of hydrogen-bond acceptors (Lipinski definition) is 5. The van der Waals surface area contributed by atoms with Crippen LogP contribution in [0.25, 0.3) is 22.0 Å². The second-order valence-corrected chi connectivity index (χ2v) is 7.05. The van der Waals surface area contributed by atoms with Crippen LogP contribution >= 0.6 is 0 Å². The van der Waals surface area contributed by atoms with Gasteiger partial charge in [-0.15, -0.1) is 0 Å². The van der Waals surface area contributed by atoms with Gasteiger partial charge in [0.2, 0.25) is 0 Å². The van der Waals surface area contributed by atoms with Crippen molar-refractivity contribution in [2.75, 3.05) is 27.4 Å². The number of rotatable bonds is 10. The van der Waals surface area contributed by atoms with E-state index in [4.69, 9.17) is 18.9 Å². The fourth-order valence-electron chi connectivity index (χ4n) is 3.49. The first kappa shape index (κ1) is 22.5. The molecule has 0 radical (unpaired) electrons. The molecular weight excluding hydrogens is 401 g/mol. The van der Waals surface area contributed by atoms with Gasteiger partial charge in [-0.2, -0.15) is 0 Å².